The standard InChI is InChI=1S/C10H12FN3O3S/c1-18(16,17)12-4-5-14-9-3-2-7(11)6-8(9)13-10(14)15/h2-3,6,12H,4-5H2,1H3,(H,13,15). The summed E-state index contributed by atoms with van der Waals surface area (Å²) in [4.78, 5) is 14.1. The predicted molar refractivity (Wildman–Crippen MR) is 65.4 cm³/mol. The summed E-state index contributed by atoms with van der Waals surface area (Å²) in [5, 5.41) is 0. The van der Waals surface area contributed by atoms with Gasteiger partial charge in [0.25, 0.3) is 0 Å². The maximum atomic E-state index is 13.0. The molecule has 0 aliphatic heterocycles. The van der Waals surface area contributed by atoms with Crippen molar-refractivity contribution in [2.45, 2.75) is 6.54 Å². The lowest BCUT2D eigenvalue weighted by Gasteiger charge is -2.04. The normalized spacial score (nSPS) is 12.1. The van der Waals surface area contributed by atoms with Gasteiger partial charge < -0.3 is 4.98 Å². The van der Waals surface area contributed by atoms with Crippen molar-refractivity contribution >= 4 is 21.1 Å². The summed E-state index contributed by atoms with van der Waals surface area (Å²) < 4.78 is 38.4. The Kier molecular flexibility index (Phi) is 3.22. The largest absolute Gasteiger partial charge is 0.326 e. The van der Waals surface area contributed by atoms with Crippen LogP contribution in [0, 0.1) is 5.82 Å². The first-order valence-electron chi connectivity index (χ1n) is 5.19. The van der Waals surface area contributed by atoms with Gasteiger partial charge in [-0.05, 0) is 18.2 Å². The topological polar surface area (TPSA) is 84.0 Å². The number of halogens is 1. The zero-order chi connectivity index (χ0) is 13.3. The smallest absolute Gasteiger partial charge is 0.305 e. The molecular weight excluding hydrogens is 261 g/mol. The van der Waals surface area contributed by atoms with Crippen LogP contribution in [0.15, 0.2) is 23.0 Å². The molecule has 0 amide bonds. The van der Waals surface area contributed by atoms with E-state index >= 15 is 0 Å². The molecule has 1 aromatic carbocycles. The average Bonchev–Trinajstić information content (AvgIpc) is 2.52. The van der Waals surface area contributed by atoms with Crippen molar-refractivity contribution in [2.24, 2.45) is 0 Å². The second-order valence-electron chi connectivity index (χ2n) is 3.91. The van der Waals surface area contributed by atoms with Gasteiger partial charge in [0.1, 0.15) is 5.82 Å². The van der Waals surface area contributed by atoms with Crippen LogP contribution in [-0.2, 0) is 16.6 Å². The Morgan fingerprint density at radius 3 is 2.83 bits per heavy atom. The van der Waals surface area contributed by atoms with Gasteiger partial charge in [-0.1, -0.05) is 0 Å². The third-order valence-corrected chi connectivity index (χ3v) is 3.16. The van der Waals surface area contributed by atoms with Crippen LogP contribution >= 0.6 is 0 Å². The van der Waals surface area contributed by atoms with Crippen molar-refractivity contribution in [1.29, 1.82) is 0 Å². The molecule has 1 aromatic heterocycles. The van der Waals surface area contributed by atoms with Crippen molar-refractivity contribution in [1.82, 2.24) is 14.3 Å². The third kappa shape index (κ3) is 2.77. The van der Waals surface area contributed by atoms with Crippen LogP contribution in [0.2, 0.25) is 0 Å². The Bertz CT molecular complexity index is 732. The number of H-pyrrole nitrogens is 1. The van der Waals surface area contributed by atoms with Crippen LogP contribution in [0.3, 0.4) is 0 Å². The zero-order valence-corrected chi connectivity index (χ0v) is 10.4. The molecule has 8 heteroatoms. The van der Waals surface area contributed by atoms with Gasteiger partial charge in [-0.3, -0.25) is 4.57 Å². The first-order valence-corrected chi connectivity index (χ1v) is 7.09. The second-order valence-corrected chi connectivity index (χ2v) is 5.74. The third-order valence-electron chi connectivity index (χ3n) is 2.44. The summed E-state index contributed by atoms with van der Waals surface area (Å²) >= 11 is 0. The maximum absolute atomic E-state index is 13.0. The number of nitrogens with one attached hydrogen (secondary N) is 2. The number of rotatable bonds is 4. The predicted octanol–water partition coefficient (Wildman–Crippen LogP) is 0.0179. The van der Waals surface area contributed by atoms with Crippen LogP contribution in [0.5, 0.6) is 0 Å². The molecule has 18 heavy (non-hydrogen) atoms. The van der Waals surface area contributed by atoms with Crippen LogP contribution in [0.4, 0.5) is 4.39 Å². The first-order chi connectivity index (χ1) is 8.37. The van der Waals surface area contributed by atoms with Gasteiger partial charge in [-0.2, -0.15) is 0 Å². The summed E-state index contributed by atoms with van der Waals surface area (Å²) in [6, 6.07) is 3.94. The van der Waals surface area contributed by atoms with E-state index in [2.05, 4.69) is 9.71 Å². The molecule has 0 fully saturated rings. The second kappa shape index (κ2) is 4.54. The molecule has 1 heterocycles. The Hall–Kier alpha value is -1.67. The van der Waals surface area contributed by atoms with E-state index in [1.807, 2.05) is 0 Å². The summed E-state index contributed by atoms with van der Waals surface area (Å²) in [7, 11) is -3.29. The number of hydrogen-bond acceptors (Lipinski definition) is 3. The van der Waals surface area contributed by atoms with Gasteiger partial charge in [0.2, 0.25) is 10.0 Å². The molecule has 0 radical (unpaired) electrons. The highest BCUT2D eigenvalue weighted by Crippen LogP contribution is 2.11. The van der Waals surface area contributed by atoms with Gasteiger partial charge in [-0.15, -0.1) is 0 Å². The molecule has 0 unspecified atom stereocenters. The van der Waals surface area contributed by atoms with Crippen molar-refractivity contribution in [3.8, 4) is 0 Å². The molecule has 2 aromatic rings. The fourth-order valence-electron chi connectivity index (χ4n) is 1.70. The van der Waals surface area contributed by atoms with Gasteiger partial charge in [0.05, 0.1) is 17.3 Å². The number of sulfonamides is 1. The summed E-state index contributed by atoms with van der Waals surface area (Å²) in [6.07, 6.45) is 1.04. The highest BCUT2D eigenvalue weighted by molar-refractivity contribution is 7.88. The number of fused-ring (bicyclic) bond motifs is 1. The van der Waals surface area contributed by atoms with Gasteiger partial charge >= 0.3 is 5.69 Å². The lowest BCUT2D eigenvalue weighted by molar-refractivity contribution is 0.578. The van der Waals surface area contributed by atoms with E-state index in [0.29, 0.717) is 11.0 Å². The molecule has 0 saturated carbocycles. The van der Waals surface area contributed by atoms with E-state index in [1.165, 1.54) is 22.8 Å². The van der Waals surface area contributed by atoms with Crippen LogP contribution in [0.25, 0.3) is 11.0 Å². The highest BCUT2D eigenvalue weighted by Gasteiger charge is 2.08. The quantitative estimate of drug-likeness (QED) is 0.823. The Labute approximate surface area is 102 Å². The minimum atomic E-state index is -3.29. The van der Waals surface area contributed by atoms with Gasteiger partial charge in [-0.25, -0.2) is 22.3 Å². The van der Waals surface area contributed by atoms with Crippen LogP contribution in [-0.4, -0.2) is 30.8 Å². The molecule has 0 bridgehead atoms. The summed E-state index contributed by atoms with van der Waals surface area (Å²) in [5.41, 5.74) is 0.530. The number of aromatic nitrogens is 2. The molecule has 6 nitrogen and oxygen atoms in total. The number of hydrogen-bond donors (Lipinski definition) is 2. The minimum Gasteiger partial charge on any atom is -0.305 e. The number of imidazole rings is 1. The fourth-order valence-corrected chi connectivity index (χ4v) is 2.16. The SMILES string of the molecule is CS(=O)(=O)NCCn1c(=O)[nH]c2cc(F)ccc21. The lowest BCUT2D eigenvalue weighted by Crippen LogP contribution is -2.29. The molecule has 2 rings (SSSR count). The fraction of sp³-hybridized carbons (Fsp3) is 0.300. The molecule has 0 atom stereocenters. The maximum Gasteiger partial charge on any atom is 0.326 e. The van der Waals surface area contributed by atoms with E-state index < -0.39 is 21.5 Å². The molecule has 98 valence electrons. The highest BCUT2D eigenvalue weighted by atomic mass is 32.2. The van der Waals surface area contributed by atoms with Crippen LogP contribution < -0.4 is 10.4 Å². The summed E-state index contributed by atoms with van der Waals surface area (Å²) in [5.74, 6) is -0.440. The molecule has 0 aliphatic carbocycles. The van der Waals surface area contributed by atoms with Crippen molar-refractivity contribution in [3.63, 3.8) is 0 Å². The van der Waals surface area contributed by atoms with Gasteiger partial charge in [0, 0.05) is 13.1 Å². The van der Waals surface area contributed by atoms with Crippen molar-refractivity contribution in [3.05, 3.63) is 34.5 Å². The summed E-state index contributed by atoms with van der Waals surface area (Å²) in [6.45, 7) is 0.278. The first kappa shape index (κ1) is 12.8. The Morgan fingerprint density at radius 1 is 1.44 bits per heavy atom. The van der Waals surface area contributed by atoms with E-state index in [4.69, 9.17) is 0 Å². The molecule has 2 N–H and O–H groups in total. The Morgan fingerprint density at radius 2 is 2.17 bits per heavy atom. The minimum absolute atomic E-state index is 0.100. The lowest BCUT2D eigenvalue weighted by atomic mass is 10.3. The number of aromatic amines is 1. The number of nitrogens with zero attached hydrogens (tertiary/aromatic N) is 1. The van der Waals surface area contributed by atoms with Crippen molar-refractivity contribution < 1.29 is 12.8 Å². The molecule has 0 spiro atoms. The molecule has 0 aliphatic rings. The molecule has 0 saturated heterocycles. The van der Waals surface area contributed by atoms with E-state index in [0.717, 1.165) is 6.26 Å². The zero-order valence-electron chi connectivity index (χ0n) is 9.60. The Balaban J connectivity index is 2.28. The average molecular weight is 273 g/mol. The molecular formula is C10H12FN3O3S. The van der Waals surface area contributed by atoms with Crippen molar-refractivity contribution in [2.75, 3.05) is 12.8 Å². The monoisotopic (exact) mass is 273 g/mol. The van der Waals surface area contributed by atoms with E-state index in [9.17, 15) is 17.6 Å². The van der Waals surface area contributed by atoms with E-state index in [1.54, 1.807) is 0 Å². The van der Waals surface area contributed by atoms with E-state index in [-0.39, 0.29) is 13.1 Å². The number of benzene rings is 1. The van der Waals surface area contributed by atoms with Crippen LogP contribution in [0.1, 0.15) is 0 Å². The van der Waals surface area contributed by atoms with Gasteiger partial charge in [0.15, 0.2) is 0 Å².